The minimum atomic E-state index is -0.0129. The predicted octanol–water partition coefficient (Wildman–Crippen LogP) is 2.96. The molecule has 0 aliphatic rings. The van der Waals surface area contributed by atoms with Crippen LogP contribution in [0.25, 0.3) is 0 Å². The minimum absolute atomic E-state index is 0.0105. The van der Waals surface area contributed by atoms with Crippen molar-refractivity contribution in [1.29, 1.82) is 0 Å². The summed E-state index contributed by atoms with van der Waals surface area (Å²) >= 11 is 1.65. The van der Waals surface area contributed by atoms with Crippen LogP contribution in [0.3, 0.4) is 0 Å². The summed E-state index contributed by atoms with van der Waals surface area (Å²) in [5.41, 5.74) is 1.83. The number of hydrogen-bond acceptors (Lipinski definition) is 4. The summed E-state index contributed by atoms with van der Waals surface area (Å²) in [6.07, 6.45) is 2.84. The fraction of sp³-hybridized carbons (Fsp3) is 0.400. The molecule has 1 unspecified atom stereocenters. The van der Waals surface area contributed by atoms with Crippen molar-refractivity contribution in [3.05, 3.63) is 45.7 Å². The maximum atomic E-state index is 12.1. The number of hydrogen-bond donors (Lipinski definition) is 1. The average molecular weight is 289 g/mol. The van der Waals surface area contributed by atoms with Gasteiger partial charge in [0.15, 0.2) is 0 Å². The van der Waals surface area contributed by atoms with Gasteiger partial charge >= 0.3 is 0 Å². The molecule has 0 saturated carbocycles. The Morgan fingerprint density at radius 1 is 1.40 bits per heavy atom. The highest BCUT2D eigenvalue weighted by Gasteiger charge is 2.17. The normalized spacial score (nSPS) is 12.2. The molecule has 0 aliphatic heterocycles. The molecule has 20 heavy (non-hydrogen) atoms. The van der Waals surface area contributed by atoms with Gasteiger partial charge in [0.05, 0.1) is 18.2 Å². The van der Waals surface area contributed by atoms with Crippen LogP contribution in [-0.4, -0.2) is 15.9 Å². The third-order valence-electron chi connectivity index (χ3n) is 3.15. The average Bonchev–Trinajstić information content (AvgIpc) is 2.77. The summed E-state index contributed by atoms with van der Waals surface area (Å²) < 4.78 is 0. The van der Waals surface area contributed by atoms with Crippen LogP contribution in [0.2, 0.25) is 0 Å². The number of aromatic nitrogens is 2. The zero-order chi connectivity index (χ0) is 14.5. The number of rotatable bonds is 5. The van der Waals surface area contributed by atoms with Crippen molar-refractivity contribution in [2.45, 2.75) is 39.7 Å². The number of aryl methyl sites for hydroxylation is 2. The number of nitrogens with zero attached hydrogens (tertiary/aromatic N) is 2. The zero-order valence-corrected chi connectivity index (χ0v) is 12.8. The van der Waals surface area contributed by atoms with Crippen LogP contribution < -0.4 is 5.32 Å². The van der Waals surface area contributed by atoms with Crippen molar-refractivity contribution in [3.63, 3.8) is 0 Å². The number of pyridine rings is 1. The van der Waals surface area contributed by atoms with Crippen LogP contribution in [0, 0.1) is 13.8 Å². The molecule has 0 aliphatic carbocycles. The SMILES string of the molecule is CCC(NC(=O)Cc1ccccn1)c1nc(C)c(C)s1. The Morgan fingerprint density at radius 3 is 2.75 bits per heavy atom. The van der Waals surface area contributed by atoms with Gasteiger partial charge in [0, 0.05) is 16.8 Å². The monoisotopic (exact) mass is 289 g/mol. The highest BCUT2D eigenvalue weighted by molar-refractivity contribution is 7.11. The van der Waals surface area contributed by atoms with Gasteiger partial charge in [-0.3, -0.25) is 9.78 Å². The van der Waals surface area contributed by atoms with Crippen molar-refractivity contribution >= 4 is 17.2 Å². The largest absolute Gasteiger partial charge is 0.347 e. The Labute approximate surface area is 123 Å². The van der Waals surface area contributed by atoms with E-state index in [0.717, 1.165) is 22.8 Å². The molecular formula is C15H19N3OS. The van der Waals surface area contributed by atoms with Gasteiger partial charge in [0.1, 0.15) is 5.01 Å². The van der Waals surface area contributed by atoms with E-state index in [1.54, 1.807) is 17.5 Å². The molecule has 2 heterocycles. The molecule has 1 amide bonds. The van der Waals surface area contributed by atoms with Gasteiger partial charge in [-0.2, -0.15) is 0 Å². The smallest absolute Gasteiger partial charge is 0.226 e. The lowest BCUT2D eigenvalue weighted by atomic mass is 10.2. The number of carbonyl (C=O) groups excluding carboxylic acids is 1. The molecule has 0 radical (unpaired) electrons. The molecule has 2 rings (SSSR count). The van der Waals surface area contributed by atoms with Crippen molar-refractivity contribution in [2.24, 2.45) is 0 Å². The van der Waals surface area contributed by atoms with Gasteiger partial charge in [-0.05, 0) is 32.4 Å². The first-order valence-electron chi connectivity index (χ1n) is 6.73. The fourth-order valence-corrected chi connectivity index (χ4v) is 2.96. The molecule has 1 N–H and O–H groups in total. The number of amides is 1. The van der Waals surface area contributed by atoms with Gasteiger partial charge in [-0.25, -0.2) is 4.98 Å². The summed E-state index contributed by atoms with van der Waals surface area (Å²) in [5.74, 6) is -0.0129. The van der Waals surface area contributed by atoms with Crippen molar-refractivity contribution in [2.75, 3.05) is 0 Å². The molecule has 106 valence electrons. The van der Waals surface area contributed by atoms with Crippen molar-refractivity contribution in [3.8, 4) is 0 Å². The number of thiazole rings is 1. The Kier molecular flexibility index (Phi) is 4.84. The van der Waals surface area contributed by atoms with Crippen molar-refractivity contribution < 1.29 is 4.79 Å². The first-order valence-corrected chi connectivity index (χ1v) is 7.55. The van der Waals surface area contributed by atoms with Gasteiger partial charge in [-0.1, -0.05) is 13.0 Å². The molecule has 0 spiro atoms. The van der Waals surface area contributed by atoms with E-state index >= 15 is 0 Å². The lowest BCUT2D eigenvalue weighted by molar-refractivity contribution is -0.121. The predicted molar refractivity (Wildman–Crippen MR) is 80.7 cm³/mol. The third-order valence-corrected chi connectivity index (χ3v) is 4.34. The van der Waals surface area contributed by atoms with Crippen LogP contribution in [-0.2, 0) is 11.2 Å². The topological polar surface area (TPSA) is 54.9 Å². The van der Waals surface area contributed by atoms with E-state index in [1.807, 2.05) is 25.1 Å². The highest BCUT2D eigenvalue weighted by Crippen LogP contribution is 2.24. The van der Waals surface area contributed by atoms with Gasteiger partial charge in [0.2, 0.25) is 5.91 Å². The number of nitrogens with one attached hydrogen (secondary N) is 1. The second-order valence-corrected chi connectivity index (χ2v) is 5.95. The van der Waals surface area contributed by atoms with E-state index in [0.29, 0.717) is 6.42 Å². The molecule has 4 nitrogen and oxygen atoms in total. The summed E-state index contributed by atoms with van der Waals surface area (Å²) in [6, 6.07) is 5.58. The highest BCUT2D eigenvalue weighted by atomic mass is 32.1. The minimum Gasteiger partial charge on any atom is -0.347 e. The van der Waals surface area contributed by atoms with Gasteiger partial charge < -0.3 is 5.32 Å². The second-order valence-electron chi connectivity index (χ2n) is 4.72. The fourth-order valence-electron chi connectivity index (χ4n) is 1.90. The maximum absolute atomic E-state index is 12.1. The molecule has 0 fully saturated rings. The second kappa shape index (κ2) is 6.61. The Bertz CT molecular complexity index is 561. The van der Waals surface area contributed by atoms with E-state index in [9.17, 15) is 4.79 Å². The standard InChI is InChI=1S/C15H19N3OS/c1-4-13(15-17-10(2)11(3)20-15)18-14(19)9-12-7-5-6-8-16-12/h5-8,13H,4,9H2,1-3H3,(H,18,19). The van der Waals surface area contributed by atoms with Crippen LogP contribution in [0.15, 0.2) is 24.4 Å². The summed E-state index contributed by atoms with van der Waals surface area (Å²) in [4.78, 5) is 22.0. The van der Waals surface area contributed by atoms with Gasteiger partial charge in [-0.15, -0.1) is 11.3 Å². The van der Waals surface area contributed by atoms with Crippen LogP contribution in [0.5, 0.6) is 0 Å². The lowest BCUT2D eigenvalue weighted by Crippen LogP contribution is -2.29. The summed E-state index contributed by atoms with van der Waals surface area (Å²) in [6.45, 7) is 6.11. The molecular weight excluding hydrogens is 270 g/mol. The first kappa shape index (κ1) is 14.7. The molecule has 1 atom stereocenters. The van der Waals surface area contributed by atoms with E-state index < -0.39 is 0 Å². The summed E-state index contributed by atoms with van der Waals surface area (Å²) in [5, 5.41) is 4.02. The van der Waals surface area contributed by atoms with Crippen LogP contribution in [0.1, 0.15) is 40.7 Å². The van der Waals surface area contributed by atoms with Crippen LogP contribution >= 0.6 is 11.3 Å². The van der Waals surface area contributed by atoms with E-state index in [-0.39, 0.29) is 11.9 Å². The molecule has 5 heteroatoms. The van der Waals surface area contributed by atoms with E-state index in [1.165, 1.54) is 4.88 Å². The van der Waals surface area contributed by atoms with E-state index in [4.69, 9.17) is 0 Å². The maximum Gasteiger partial charge on any atom is 0.226 e. The van der Waals surface area contributed by atoms with Gasteiger partial charge in [0.25, 0.3) is 0 Å². The third kappa shape index (κ3) is 3.63. The molecule has 0 aromatic carbocycles. The Hall–Kier alpha value is -1.75. The Morgan fingerprint density at radius 2 is 2.20 bits per heavy atom. The molecule has 0 saturated heterocycles. The van der Waals surface area contributed by atoms with E-state index in [2.05, 4.69) is 29.1 Å². The molecule has 0 bridgehead atoms. The Balaban J connectivity index is 2.01. The molecule has 2 aromatic rings. The van der Waals surface area contributed by atoms with Crippen LogP contribution in [0.4, 0.5) is 0 Å². The first-order chi connectivity index (χ1) is 9.60. The molecule has 2 aromatic heterocycles. The number of carbonyl (C=O) groups is 1. The summed E-state index contributed by atoms with van der Waals surface area (Å²) in [7, 11) is 0. The lowest BCUT2D eigenvalue weighted by Gasteiger charge is -2.14. The quantitative estimate of drug-likeness (QED) is 0.920. The zero-order valence-electron chi connectivity index (χ0n) is 12.0. The van der Waals surface area contributed by atoms with Crippen molar-refractivity contribution in [1.82, 2.24) is 15.3 Å².